The Balaban J connectivity index is 1.91. The van der Waals surface area contributed by atoms with Gasteiger partial charge in [0.15, 0.2) is 11.5 Å². The van der Waals surface area contributed by atoms with Gasteiger partial charge in [0.25, 0.3) is 0 Å². The largest absolute Gasteiger partial charge is 0.504 e. The third-order valence-electron chi connectivity index (χ3n) is 3.92. The zero-order chi connectivity index (χ0) is 15.4. The lowest BCUT2D eigenvalue weighted by Crippen LogP contribution is -2.48. The number of carbonyl (C=O) groups excluding carboxylic acids is 1. The zero-order valence-electron chi connectivity index (χ0n) is 12.1. The van der Waals surface area contributed by atoms with E-state index >= 15 is 0 Å². The second-order valence-electron chi connectivity index (χ2n) is 5.45. The molecule has 2 rings (SSSR count). The van der Waals surface area contributed by atoms with Gasteiger partial charge in [-0.1, -0.05) is 12.5 Å². The molecule has 1 aromatic carbocycles. The van der Waals surface area contributed by atoms with E-state index in [9.17, 15) is 15.0 Å². The highest BCUT2D eigenvalue weighted by Crippen LogP contribution is 2.28. The van der Waals surface area contributed by atoms with Crippen molar-refractivity contribution in [3.05, 3.63) is 23.8 Å². The Morgan fingerprint density at radius 1 is 1.43 bits per heavy atom. The monoisotopic (exact) mass is 310 g/mol. The smallest absolute Gasteiger partial charge is 0.237 e. The van der Waals surface area contributed by atoms with Crippen molar-refractivity contribution in [3.8, 4) is 11.5 Å². The van der Waals surface area contributed by atoms with Crippen LogP contribution in [0.1, 0.15) is 24.8 Å². The molecule has 5 nitrogen and oxygen atoms in total. The van der Waals surface area contributed by atoms with E-state index < -0.39 is 6.04 Å². The first-order valence-electron chi connectivity index (χ1n) is 7.11. The number of rotatable bonds is 5. The number of phenolic OH excluding ortho intramolecular Hbond substituents is 2. The summed E-state index contributed by atoms with van der Waals surface area (Å²) in [5.74, 6) is -0.530. The average Bonchev–Trinajstić information content (AvgIpc) is 2.90. The van der Waals surface area contributed by atoms with Crippen molar-refractivity contribution in [2.24, 2.45) is 5.73 Å². The van der Waals surface area contributed by atoms with Crippen molar-refractivity contribution in [1.29, 1.82) is 0 Å². The van der Waals surface area contributed by atoms with E-state index in [0.717, 1.165) is 24.8 Å². The van der Waals surface area contributed by atoms with Gasteiger partial charge < -0.3 is 21.3 Å². The van der Waals surface area contributed by atoms with Gasteiger partial charge in [-0.05, 0) is 43.2 Å². The van der Waals surface area contributed by atoms with Crippen LogP contribution >= 0.6 is 11.8 Å². The first-order chi connectivity index (χ1) is 10.0. The van der Waals surface area contributed by atoms with Crippen molar-refractivity contribution in [2.75, 3.05) is 6.26 Å². The molecule has 0 heterocycles. The summed E-state index contributed by atoms with van der Waals surface area (Å²) in [5.41, 5.74) is 6.66. The van der Waals surface area contributed by atoms with Gasteiger partial charge in [0.1, 0.15) is 0 Å². The number of phenols is 2. The minimum absolute atomic E-state index is 0.159. The molecule has 116 valence electrons. The van der Waals surface area contributed by atoms with Crippen LogP contribution in [0, 0.1) is 0 Å². The van der Waals surface area contributed by atoms with Crippen LogP contribution < -0.4 is 11.1 Å². The lowest BCUT2D eigenvalue weighted by molar-refractivity contribution is -0.123. The number of hydrogen-bond donors (Lipinski definition) is 4. The molecule has 5 N–H and O–H groups in total. The van der Waals surface area contributed by atoms with Crippen molar-refractivity contribution in [1.82, 2.24) is 5.32 Å². The Kier molecular flexibility index (Phi) is 5.36. The highest BCUT2D eigenvalue weighted by atomic mass is 32.2. The standard InChI is InChI=1S/C15H22N2O3S/c1-21-14-4-2-3-11(14)17-15(20)10(16)7-9-5-6-12(18)13(19)8-9/h5-6,8,10-11,14,18-19H,2-4,7,16H2,1H3,(H,17,20)/t10-,11?,14?/m0/s1. The van der Waals surface area contributed by atoms with Crippen molar-refractivity contribution < 1.29 is 15.0 Å². The van der Waals surface area contributed by atoms with E-state index in [-0.39, 0.29) is 23.4 Å². The molecule has 1 aliphatic rings. The molecule has 1 aliphatic carbocycles. The fourth-order valence-electron chi connectivity index (χ4n) is 2.71. The summed E-state index contributed by atoms with van der Waals surface area (Å²) >= 11 is 1.79. The van der Waals surface area contributed by atoms with Crippen molar-refractivity contribution >= 4 is 17.7 Å². The Bertz CT molecular complexity index is 510. The normalized spacial score (nSPS) is 23.0. The average molecular weight is 310 g/mol. The molecule has 6 heteroatoms. The van der Waals surface area contributed by atoms with Gasteiger partial charge in [-0.15, -0.1) is 0 Å². The third-order valence-corrected chi connectivity index (χ3v) is 5.08. The number of thioether (sulfide) groups is 1. The lowest BCUT2D eigenvalue weighted by atomic mass is 10.0. The molecule has 2 unspecified atom stereocenters. The Morgan fingerprint density at radius 3 is 2.86 bits per heavy atom. The minimum Gasteiger partial charge on any atom is -0.504 e. The molecule has 0 aromatic heterocycles. The maximum absolute atomic E-state index is 12.2. The van der Waals surface area contributed by atoms with Crippen LogP contribution in [-0.4, -0.2) is 39.7 Å². The van der Waals surface area contributed by atoms with Crippen LogP contribution in [0.4, 0.5) is 0 Å². The molecular weight excluding hydrogens is 288 g/mol. The molecule has 0 bridgehead atoms. The first kappa shape index (κ1) is 16.0. The van der Waals surface area contributed by atoms with Crippen LogP contribution in [0.3, 0.4) is 0 Å². The van der Waals surface area contributed by atoms with Crippen LogP contribution in [0.2, 0.25) is 0 Å². The van der Waals surface area contributed by atoms with E-state index in [1.165, 1.54) is 12.1 Å². The maximum Gasteiger partial charge on any atom is 0.237 e. The molecule has 21 heavy (non-hydrogen) atoms. The fraction of sp³-hybridized carbons (Fsp3) is 0.533. The van der Waals surface area contributed by atoms with Gasteiger partial charge in [0.05, 0.1) is 6.04 Å². The Hall–Kier alpha value is -1.40. The van der Waals surface area contributed by atoms with Crippen molar-refractivity contribution in [2.45, 2.75) is 43.0 Å². The summed E-state index contributed by atoms with van der Waals surface area (Å²) in [6.45, 7) is 0. The Labute approximate surface area is 128 Å². The minimum atomic E-state index is -0.656. The zero-order valence-corrected chi connectivity index (χ0v) is 12.9. The van der Waals surface area contributed by atoms with E-state index in [1.54, 1.807) is 17.8 Å². The highest BCUT2D eigenvalue weighted by molar-refractivity contribution is 7.99. The SMILES string of the molecule is CSC1CCCC1NC(=O)[C@@H](N)Cc1ccc(O)c(O)c1. The second kappa shape index (κ2) is 7.04. The summed E-state index contributed by atoms with van der Waals surface area (Å²) in [5, 5.41) is 22.2. The molecule has 0 radical (unpaired) electrons. The molecule has 0 aliphatic heterocycles. The van der Waals surface area contributed by atoms with Crippen LogP contribution in [0.5, 0.6) is 11.5 Å². The van der Waals surface area contributed by atoms with Gasteiger partial charge >= 0.3 is 0 Å². The summed E-state index contributed by atoms with van der Waals surface area (Å²) in [4.78, 5) is 12.2. The van der Waals surface area contributed by atoms with Gasteiger partial charge in [-0.2, -0.15) is 11.8 Å². The predicted molar refractivity (Wildman–Crippen MR) is 84.5 cm³/mol. The van der Waals surface area contributed by atoms with Crippen LogP contribution in [0.25, 0.3) is 0 Å². The van der Waals surface area contributed by atoms with E-state index in [2.05, 4.69) is 11.6 Å². The van der Waals surface area contributed by atoms with Crippen molar-refractivity contribution in [3.63, 3.8) is 0 Å². The van der Waals surface area contributed by atoms with Gasteiger partial charge in [-0.25, -0.2) is 0 Å². The van der Waals surface area contributed by atoms with Gasteiger partial charge in [-0.3, -0.25) is 4.79 Å². The molecule has 1 aromatic rings. The number of hydrogen-bond acceptors (Lipinski definition) is 5. The highest BCUT2D eigenvalue weighted by Gasteiger charge is 2.29. The summed E-state index contributed by atoms with van der Waals surface area (Å²) in [6.07, 6.45) is 5.67. The maximum atomic E-state index is 12.2. The predicted octanol–water partition coefficient (Wildman–Crippen LogP) is 1.37. The molecule has 0 spiro atoms. The summed E-state index contributed by atoms with van der Waals surface area (Å²) in [7, 11) is 0. The summed E-state index contributed by atoms with van der Waals surface area (Å²) in [6, 6.07) is 4.03. The van der Waals surface area contributed by atoms with Crippen LogP contribution in [0.15, 0.2) is 18.2 Å². The number of nitrogens with one attached hydrogen (secondary N) is 1. The van der Waals surface area contributed by atoms with Gasteiger partial charge in [0.2, 0.25) is 5.91 Å². The first-order valence-corrected chi connectivity index (χ1v) is 8.39. The molecule has 1 amide bonds. The Morgan fingerprint density at radius 2 is 2.19 bits per heavy atom. The van der Waals surface area contributed by atoms with Crippen LogP contribution in [-0.2, 0) is 11.2 Å². The van der Waals surface area contributed by atoms with Gasteiger partial charge in [0, 0.05) is 11.3 Å². The number of amides is 1. The molecule has 1 fully saturated rings. The fourth-order valence-corrected chi connectivity index (χ4v) is 3.64. The second-order valence-corrected chi connectivity index (χ2v) is 6.53. The summed E-state index contributed by atoms with van der Waals surface area (Å²) < 4.78 is 0. The topological polar surface area (TPSA) is 95.6 Å². The lowest BCUT2D eigenvalue weighted by Gasteiger charge is -2.21. The third kappa shape index (κ3) is 4.04. The molecule has 3 atom stereocenters. The number of benzene rings is 1. The number of carbonyl (C=O) groups is 1. The number of aromatic hydroxyl groups is 2. The van der Waals surface area contributed by atoms with E-state index in [0.29, 0.717) is 11.7 Å². The molecule has 0 saturated heterocycles. The number of nitrogens with two attached hydrogens (primary N) is 1. The van der Waals surface area contributed by atoms with E-state index in [4.69, 9.17) is 5.73 Å². The van der Waals surface area contributed by atoms with E-state index in [1.807, 2.05) is 0 Å². The molecule has 1 saturated carbocycles. The quantitative estimate of drug-likeness (QED) is 0.616. The molecular formula is C15H22N2O3S.